The van der Waals surface area contributed by atoms with Crippen LogP contribution in [-0.4, -0.2) is 11.1 Å². The predicted octanol–water partition coefficient (Wildman–Crippen LogP) is 4.50. The highest BCUT2D eigenvalue weighted by Gasteiger charge is 2.07. The predicted molar refractivity (Wildman–Crippen MR) is 84.3 cm³/mol. The van der Waals surface area contributed by atoms with E-state index in [1.165, 1.54) is 17.7 Å². The lowest BCUT2D eigenvalue weighted by Gasteiger charge is -2.11. The van der Waals surface area contributed by atoms with Crippen molar-refractivity contribution in [1.29, 1.82) is 0 Å². The van der Waals surface area contributed by atoms with Gasteiger partial charge in [0.2, 0.25) is 0 Å². The molecule has 0 radical (unpaired) electrons. The molecule has 0 aliphatic heterocycles. The molecule has 0 bridgehead atoms. The zero-order valence-corrected chi connectivity index (χ0v) is 13.5. The van der Waals surface area contributed by atoms with Crippen LogP contribution in [0.4, 0.5) is 4.39 Å². The van der Waals surface area contributed by atoms with E-state index in [-0.39, 0.29) is 5.82 Å². The number of nitrogens with one attached hydrogen (secondary N) is 1. The van der Waals surface area contributed by atoms with Crippen LogP contribution in [0.1, 0.15) is 37.4 Å². The number of nitrogens with zero attached hydrogens (tertiary/aromatic N) is 1. The Morgan fingerprint density at radius 3 is 2.85 bits per heavy atom. The zero-order valence-electron chi connectivity index (χ0n) is 11.9. The summed E-state index contributed by atoms with van der Waals surface area (Å²) in [5.74, 6) is -0.216. The van der Waals surface area contributed by atoms with Crippen molar-refractivity contribution in [2.24, 2.45) is 0 Å². The minimum absolute atomic E-state index is 0.216. The van der Waals surface area contributed by atoms with Crippen LogP contribution in [0.5, 0.6) is 0 Å². The first-order chi connectivity index (χ1) is 9.60. The largest absolute Gasteiger partial charge is 0.350 e. The molecule has 0 saturated carbocycles. The van der Waals surface area contributed by atoms with Gasteiger partial charge in [-0.3, -0.25) is 0 Å². The van der Waals surface area contributed by atoms with Gasteiger partial charge in [-0.05, 0) is 49.2 Å². The fraction of sp³-hybridized carbons (Fsp3) is 0.375. The summed E-state index contributed by atoms with van der Waals surface area (Å²) in [6, 6.07) is 7.30. The number of hydrogen-bond acceptors (Lipinski definition) is 1. The fourth-order valence-corrected chi connectivity index (χ4v) is 2.62. The van der Waals surface area contributed by atoms with Crippen molar-refractivity contribution < 1.29 is 4.39 Å². The third-order valence-electron chi connectivity index (χ3n) is 3.34. The van der Waals surface area contributed by atoms with Gasteiger partial charge in [-0.25, -0.2) is 4.39 Å². The maximum Gasteiger partial charge on any atom is 0.124 e. The van der Waals surface area contributed by atoms with Crippen molar-refractivity contribution in [3.05, 3.63) is 58.1 Å². The van der Waals surface area contributed by atoms with Crippen LogP contribution in [0.15, 0.2) is 41.1 Å². The zero-order chi connectivity index (χ0) is 14.5. The molecule has 0 saturated heterocycles. The van der Waals surface area contributed by atoms with Crippen molar-refractivity contribution in [3.8, 4) is 0 Å². The molecule has 0 amide bonds. The van der Waals surface area contributed by atoms with Crippen LogP contribution in [-0.2, 0) is 6.54 Å². The van der Waals surface area contributed by atoms with Crippen LogP contribution in [0, 0.1) is 5.82 Å². The van der Waals surface area contributed by atoms with Gasteiger partial charge in [0, 0.05) is 29.5 Å². The van der Waals surface area contributed by atoms with Gasteiger partial charge < -0.3 is 9.88 Å². The Labute approximate surface area is 128 Å². The summed E-state index contributed by atoms with van der Waals surface area (Å²) in [4.78, 5) is 0. The molecule has 1 heterocycles. The van der Waals surface area contributed by atoms with Gasteiger partial charge in [-0.1, -0.05) is 28.9 Å². The molecule has 0 aliphatic carbocycles. The molecular formula is C16H20BrFN2. The Morgan fingerprint density at radius 2 is 2.15 bits per heavy atom. The van der Waals surface area contributed by atoms with Crippen LogP contribution in [0.3, 0.4) is 0 Å². The van der Waals surface area contributed by atoms with Gasteiger partial charge in [0.25, 0.3) is 0 Å². The normalized spacial score (nSPS) is 12.6. The van der Waals surface area contributed by atoms with Gasteiger partial charge in [0.1, 0.15) is 5.82 Å². The molecular weight excluding hydrogens is 319 g/mol. The first-order valence-corrected chi connectivity index (χ1v) is 7.72. The quantitative estimate of drug-likeness (QED) is 0.820. The molecule has 2 aromatic rings. The van der Waals surface area contributed by atoms with E-state index in [0.717, 1.165) is 29.5 Å². The minimum Gasteiger partial charge on any atom is -0.350 e. The monoisotopic (exact) mass is 338 g/mol. The lowest BCUT2D eigenvalue weighted by Crippen LogP contribution is -2.18. The molecule has 1 unspecified atom stereocenters. The molecule has 4 heteroatoms. The van der Waals surface area contributed by atoms with Crippen molar-refractivity contribution in [3.63, 3.8) is 0 Å². The molecule has 1 aromatic heterocycles. The van der Waals surface area contributed by atoms with E-state index < -0.39 is 0 Å². The summed E-state index contributed by atoms with van der Waals surface area (Å²) in [6.45, 7) is 6.09. The summed E-state index contributed by atoms with van der Waals surface area (Å²) < 4.78 is 16.0. The van der Waals surface area contributed by atoms with E-state index in [1.807, 2.05) is 6.07 Å². The summed E-state index contributed by atoms with van der Waals surface area (Å²) in [5.41, 5.74) is 2.35. The molecule has 0 spiro atoms. The highest BCUT2D eigenvalue weighted by Crippen LogP contribution is 2.20. The number of hydrogen-bond donors (Lipinski definition) is 1. The van der Waals surface area contributed by atoms with Crippen LogP contribution in [0.2, 0.25) is 0 Å². The summed E-state index contributed by atoms with van der Waals surface area (Å²) in [6.07, 6.45) is 5.34. The second-order valence-corrected chi connectivity index (χ2v) is 5.88. The Balaban J connectivity index is 2.05. The molecule has 1 aromatic carbocycles. The van der Waals surface area contributed by atoms with Gasteiger partial charge in [-0.2, -0.15) is 0 Å². The van der Waals surface area contributed by atoms with Crippen LogP contribution < -0.4 is 5.32 Å². The van der Waals surface area contributed by atoms with Gasteiger partial charge in [0.15, 0.2) is 0 Å². The average Bonchev–Trinajstić information content (AvgIpc) is 2.88. The molecule has 20 heavy (non-hydrogen) atoms. The molecule has 2 rings (SSSR count). The first kappa shape index (κ1) is 15.3. The van der Waals surface area contributed by atoms with E-state index in [4.69, 9.17) is 0 Å². The average molecular weight is 339 g/mol. The van der Waals surface area contributed by atoms with E-state index in [0.29, 0.717) is 6.04 Å². The summed E-state index contributed by atoms with van der Waals surface area (Å²) in [7, 11) is 0. The van der Waals surface area contributed by atoms with Crippen molar-refractivity contribution in [2.75, 3.05) is 6.54 Å². The van der Waals surface area contributed by atoms with Crippen LogP contribution in [0.25, 0.3) is 0 Å². The van der Waals surface area contributed by atoms with E-state index in [2.05, 4.69) is 58.1 Å². The molecule has 0 fully saturated rings. The standard InChI is InChI=1S/C16H20BrFN2/c1-3-7-19-12(2)13-6-8-20(10-13)11-14-4-5-15(18)9-16(14)17/h4-6,8-10,12,19H,3,7,11H2,1-2H3. The molecule has 2 nitrogen and oxygen atoms in total. The molecule has 108 valence electrons. The molecule has 1 atom stereocenters. The van der Waals surface area contributed by atoms with E-state index >= 15 is 0 Å². The number of aromatic nitrogens is 1. The van der Waals surface area contributed by atoms with Gasteiger partial charge in [0.05, 0.1) is 0 Å². The maximum atomic E-state index is 13.1. The lowest BCUT2D eigenvalue weighted by atomic mass is 10.2. The third kappa shape index (κ3) is 3.93. The van der Waals surface area contributed by atoms with Gasteiger partial charge in [-0.15, -0.1) is 0 Å². The molecule has 1 N–H and O–H groups in total. The number of rotatable bonds is 6. The van der Waals surface area contributed by atoms with Crippen LogP contribution >= 0.6 is 15.9 Å². The Bertz CT molecular complexity index is 565. The van der Waals surface area contributed by atoms with E-state index in [1.54, 1.807) is 0 Å². The third-order valence-corrected chi connectivity index (χ3v) is 4.08. The van der Waals surface area contributed by atoms with Crippen molar-refractivity contribution in [1.82, 2.24) is 9.88 Å². The second-order valence-electron chi connectivity index (χ2n) is 5.03. The smallest absolute Gasteiger partial charge is 0.124 e. The number of halogens is 2. The molecule has 0 aliphatic rings. The lowest BCUT2D eigenvalue weighted by molar-refractivity contribution is 0.569. The van der Waals surface area contributed by atoms with E-state index in [9.17, 15) is 4.39 Å². The number of benzene rings is 1. The first-order valence-electron chi connectivity index (χ1n) is 6.93. The SMILES string of the molecule is CCCNC(C)c1ccn(Cc2ccc(F)cc2Br)c1. The van der Waals surface area contributed by atoms with Crippen molar-refractivity contribution in [2.45, 2.75) is 32.9 Å². The minimum atomic E-state index is -0.216. The van der Waals surface area contributed by atoms with Gasteiger partial charge >= 0.3 is 0 Å². The van der Waals surface area contributed by atoms with Crippen molar-refractivity contribution >= 4 is 15.9 Å². The maximum absolute atomic E-state index is 13.1. The topological polar surface area (TPSA) is 17.0 Å². The summed E-state index contributed by atoms with van der Waals surface area (Å²) >= 11 is 3.41. The Morgan fingerprint density at radius 1 is 1.35 bits per heavy atom. The Hall–Kier alpha value is -1.13. The Kier molecular flexibility index (Phi) is 5.38. The summed E-state index contributed by atoms with van der Waals surface area (Å²) in [5, 5.41) is 3.47. The fourth-order valence-electron chi connectivity index (χ4n) is 2.14. The second kappa shape index (κ2) is 7.04. The highest BCUT2D eigenvalue weighted by molar-refractivity contribution is 9.10. The highest BCUT2D eigenvalue weighted by atomic mass is 79.9.